The molecule has 7 nitrogen and oxygen atoms in total. The summed E-state index contributed by atoms with van der Waals surface area (Å²) in [5.74, 6) is 0.412. The molecule has 8 heteroatoms. The quantitative estimate of drug-likeness (QED) is 0.586. The first-order chi connectivity index (χ1) is 17.5. The second-order valence-corrected chi connectivity index (χ2v) is 10.9. The number of halogens is 1. The van der Waals surface area contributed by atoms with E-state index in [9.17, 15) is 14.0 Å². The largest absolute Gasteiger partial charge is 0.359 e. The molecule has 2 amide bonds. The molecule has 3 aromatic rings. The monoisotopic (exact) mass is 489 g/mol. The molecular formula is C28H32FN5O2. The highest BCUT2D eigenvalue weighted by atomic mass is 19.1. The summed E-state index contributed by atoms with van der Waals surface area (Å²) in [5.41, 5.74) is 2.70. The van der Waals surface area contributed by atoms with Crippen LogP contribution in [0.5, 0.6) is 0 Å². The van der Waals surface area contributed by atoms with Gasteiger partial charge in [0.2, 0.25) is 5.91 Å². The van der Waals surface area contributed by atoms with Gasteiger partial charge in [0.1, 0.15) is 5.82 Å². The summed E-state index contributed by atoms with van der Waals surface area (Å²) in [6.07, 6.45) is 14.8. The number of likely N-dealkylation sites (tertiary alicyclic amines) is 2. The number of carbonyl (C=O) groups is 2. The van der Waals surface area contributed by atoms with Crippen LogP contribution in [-0.2, 0) is 4.79 Å². The third-order valence-electron chi connectivity index (χ3n) is 8.88. The zero-order valence-corrected chi connectivity index (χ0v) is 20.5. The molecule has 0 bridgehead atoms. The maximum absolute atomic E-state index is 13.6. The number of carbonyl (C=O) groups excluding carboxylic acids is 2. The van der Waals surface area contributed by atoms with Crippen molar-refractivity contribution in [3.05, 3.63) is 60.1 Å². The normalized spacial score (nSPS) is 22.4. The van der Waals surface area contributed by atoms with Gasteiger partial charge in [0.25, 0.3) is 5.91 Å². The molecule has 6 rings (SSSR count). The molecule has 1 N–H and O–H groups in total. The topological polar surface area (TPSA) is 82.2 Å². The molecule has 2 saturated heterocycles. The summed E-state index contributed by atoms with van der Waals surface area (Å²) in [6.45, 7) is 2.94. The van der Waals surface area contributed by atoms with E-state index in [4.69, 9.17) is 0 Å². The lowest BCUT2D eigenvalue weighted by molar-refractivity contribution is -0.136. The highest BCUT2D eigenvalue weighted by Gasteiger charge is 2.45. The van der Waals surface area contributed by atoms with Crippen molar-refractivity contribution in [3.63, 3.8) is 0 Å². The second kappa shape index (κ2) is 9.30. The van der Waals surface area contributed by atoms with E-state index < -0.39 is 0 Å². The minimum Gasteiger partial charge on any atom is -0.359 e. The van der Waals surface area contributed by atoms with Crippen LogP contribution in [0.15, 0.2) is 43.1 Å². The third kappa shape index (κ3) is 4.27. The van der Waals surface area contributed by atoms with E-state index in [1.165, 1.54) is 6.20 Å². The minimum atomic E-state index is -0.297. The fourth-order valence-electron chi connectivity index (χ4n) is 6.72. The van der Waals surface area contributed by atoms with Gasteiger partial charge in [-0.15, -0.1) is 0 Å². The van der Waals surface area contributed by atoms with E-state index in [1.54, 1.807) is 30.9 Å². The molecule has 188 valence electrons. The number of aromatic amines is 1. The number of hydrogen-bond acceptors (Lipinski definition) is 4. The number of piperidine rings is 2. The highest BCUT2D eigenvalue weighted by molar-refractivity contribution is 6.06. The van der Waals surface area contributed by atoms with Gasteiger partial charge in [0.15, 0.2) is 0 Å². The Bertz CT molecular complexity index is 1270. The van der Waals surface area contributed by atoms with Gasteiger partial charge in [-0.05, 0) is 74.0 Å². The van der Waals surface area contributed by atoms with Gasteiger partial charge in [-0.1, -0.05) is 0 Å². The fraction of sp³-hybridized carbons (Fsp3) is 0.500. The van der Waals surface area contributed by atoms with Crippen LogP contribution in [0, 0.1) is 17.2 Å². The number of aromatic nitrogens is 3. The first-order valence-corrected chi connectivity index (χ1v) is 13.1. The molecule has 2 aliphatic heterocycles. The van der Waals surface area contributed by atoms with E-state index >= 15 is 0 Å². The third-order valence-corrected chi connectivity index (χ3v) is 8.88. The lowest BCUT2D eigenvalue weighted by Crippen LogP contribution is -2.43. The van der Waals surface area contributed by atoms with Crippen molar-refractivity contribution >= 4 is 22.7 Å². The smallest absolute Gasteiger partial charge is 0.256 e. The van der Waals surface area contributed by atoms with Crippen molar-refractivity contribution < 1.29 is 14.0 Å². The summed E-state index contributed by atoms with van der Waals surface area (Å²) < 4.78 is 13.6. The van der Waals surface area contributed by atoms with Crippen molar-refractivity contribution in [1.29, 1.82) is 0 Å². The molecule has 1 saturated carbocycles. The molecule has 1 atom stereocenters. The maximum atomic E-state index is 13.6. The number of nitrogens with one attached hydrogen (secondary N) is 1. The van der Waals surface area contributed by atoms with Crippen LogP contribution in [-0.4, -0.2) is 62.7 Å². The zero-order chi connectivity index (χ0) is 24.7. The van der Waals surface area contributed by atoms with E-state index in [2.05, 4.69) is 15.0 Å². The molecule has 36 heavy (non-hydrogen) atoms. The van der Waals surface area contributed by atoms with Gasteiger partial charge < -0.3 is 14.8 Å². The van der Waals surface area contributed by atoms with Crippen molar-refractivity contribution in [2.45, 2.75) is 50.9 Å². The molecule has 3 aliphatic rings. The Morgan fingerprint density at radius 2 is 1.78 bits per heavy atom. The van der Waals surface area contributed by atoms with E-state index in [0.29, 0.717) is 5.56 Å². The first-order valence-electron chi connectivity index (χ1n) is 13.1. The lowest BCUT2D eigenvalue weighted by Gasteiger charge is -2.40. The van der Waals surface area contributed by atoms with Crippen LogP contribution in [0.1, 0.15) is 66.8 Å². The van der Waals surface area contributed by atoms with Crippen LogP contribution in [0.25, 0.3) is 10.9 Å². The van der Waals surface area contributed by atoms with Crippen molar-refractivity contribution in [2.75, 3.05) is 26.2 Å². The predicted octanol–water partition coefficient (Wildman–Crippen LogP) is 4.53. The Kier molecular flexibility index (Phi) is 5.97. The van der Waals surface area contributed by atoms with Gasteiger partial charge in [0, 0.05) is 56.1 Å². The fourth-order valence-corrected chi connectivity index (χ4v) is 6.72. The van der Waals surface area contributed by atoms with Crippen LogP contribution in [0.3, 0.4) is 0 Å². The number of fused-ring (bicyclic) bond motifs is 1. The SMILES string of the molecule is O=C(c1c[nH]c2cnccc12)N1CCC2(CCC(C(=O)N3CCC(c4cncc(F)c4)CC3)C2)CC1. The number of nitrogens with zero attached hydrogens (tertiary/aromatic N) is 4. The second-order valence-electron chi connectivity index (χ2n) is 10.9. The Morgan fingerprint density at radius 3 is 2.56 bits per heavy atom. The van der Waals surface area contributed by atoms with E-state index in [-0.39, 0.29) is 34.9 Å². The maximum Gasteiger partial charge on any atom is 0.256 e. The van der Waals surface area contributed by atoms with Gasteiger partial charge in [-0.2, -0.15) is 0 Å². The number of amides is 2. The first kappa shape index (κ1) is 23.1. The van der Waals surface area contributed by atoms with Crippen LogP contribution < -0.4 is 0 Å². The van der Waals surface area contributed by atoms with Gasteiger partial charge in [-0.3, -0.25) is 19.6 Å². The summed E-state index contributed by atoms with van der Waals surface area (Å²) in [7, 11) is 0. The Labute approximate surface area is 210 Å². The molecule has 3 fully saturated rings. The van der Waals surface area contributed by atoms with Crippen molar-refractivity contribution in [2.24, 2.45) is 11.3 Å². The average Bonchev–Trinajstić information content (AvgIpc) is 3.53. The summed E-state index contributed by atoms with van der Waals surface area (Å²) in [4.78, 5) is 41.8. The minimum absolute atomic E-state index is 0.0734. The predicted molar refractivity (Wildman–Crippen MR) is 134 cm³/mol. The van der Waals surface area contributed by atoms with Crippen LogP contribution in [0.4, 0.5) is 4.39 Å². The Balaban J connectivity index is 1.03. The van der Waals surface area contributed by atoms with E-state index in [1.807, 2.05) is 15.9 Å². The van der Waals surface area contributed by atoms with E-state index in [0.717, 1.165) is 87.6 Å². The summed E-state index contributed by atoms with van der Waals surface area (Å²) in [5, 5.41) is 0.916. The standard InChI is InChI=1S/C28H32FN5O2/c29-22-13-21(15-31-16-22)19-3-9-33(10-4-19)26(35)20-1-5-28(14-20)6-11-34(12-7-28)27(36)24-17-32-25-18-30-8-2-23(24)25/h2,8,13,15-20,32H,1,3-7,9-12,14H2. The van der Waals surface area contributed by atoms with Crippen molar-refractivity contribution in [1.82, 2.24) is 24.8 Å². The zero-order valence-electron chi connectivity index (χ0n) is 20.5. The van der Waals surface area contributed by atoms with Crippen molar-refractivity contribution in [3.8, 4) is 0 Å². The summed E-state index contributed by atoms with van der Waals surface area (Å²) >= 11 is 0. The van der Waals surface area contributed by atoms with Gasteiger partial charge in [0.05, 0.1) is 23.5 Å². The average molecular weight is 490 g/mol. The Morgan fingerprint density at radius 1 is 0.972 bits per heavy atom. The van der Waals surface area contributed by atoms with Crippen LogP contribution in [0.2, 0.25) is 0 Å². The number of pyridine rings is 2. The molecule has 1 spiro atoms. The molecule has 3 aromatic heterocycles. The number of rotatable bonds is 3. The summed E-state index contributed by atoms with van der Waals surface area (Å²) in [6, 6.07) is 3.46. The molecular weight excluding hydrogens is 457 g/mol. The Hall–Kier alpha value is -3.29. The van der Waals surface area contributed by atoms with Gasteiger partial charge in [-0.25, -0.2) is 4.39 Å². The lowest BCUT2D eigenvalue weighted by atomic mass is 9.76. The molecule has 0 aromatic carbocycles. The molecule has 1 aliphatic carbocycles. The van der Waals surface area contributed by atoms with Gasteiger partial charge >= 0.3 is 0 Å². The highest BCUT2D eigenvalue weighted by Crippen LogP contribution is 2.49. The van der Waals surface area contributed by atoms with Crippen LogP contribution >= 0.6 is 0 Å². The molecule has 5 heterocycles. The number of H-pyrrole nitrogens is 1. The molecule has 1 unspecified atom stereocenters. The molecule has 0 radical (unpaired) electrons. The number of hydrogen-bond donors (Lipinski definition) is 1.